The lowest BCUT2D eigenvalue weighted by Crippen LogP contribution is -2.68. The highest BCUT2D eigenvalue weighted by atomic mass is 35.5. The molecule has 6 heterocycles. The first-order valence-electron chi connectivity index (χ1n) is 18.9. The molecule has 6 amide bonds. The smallest absolute Gasteiger partial charge is 0.267 e. The van der Waals surface area contributed by atoms with E-state index in [1.807, 2.05) is 0 Å². The zero-order valence-electron chi connectivity index (χ0n) is 31.5. The minimum Gasteiger partial charge on any atom is -0.381 e. The molecule has 9 atom stereocenters. The van der Waals surface area contributed by atoms with Crippen molar-refractivity contribution >= 4 is 58.9 Å². The van der Waals surface area contributed by atoms with E-state index in [4.69, 9.17) is 16.3 Å². The van der Waals surface area contributed by atoms with Gasteiger partial charge in [0, 0.05) is 56.4 Å². The number of carbonyl (C=O) groups excluding carboxylic acids is 6. The molecule has 5 N–H and O–H groups in total. The van der Waals surface area contributed by atoms with Crippen molar-refractivity contribution in [2.75, 3.05) is 32.6 Å². The Labute approximate surface area is 323 Å². The standard InChI is InChI=1S/C36H49ClN10O8/c1-18(2)28-34(53)46-25(9-7-13-39-46)33(52)47-26(15-21(55-5)17-40-47)31(50)43(4)19(3)30(49)45-24(8-6-12-38-45)32(51)44-27(29(48)42-28)16-36(54)22-11-10-20(37)14-23(22)41-35(36)44/h10-11,14,17-19,21,24-28,35,38-39,41,54H,6-9,12-13,15-16H2,1-5H3,(H,42,48)/t19-,21-,24+,25+,26-,27-,28+,35-,36+/m0/s1. The van der Waals surface area contributed by atoms with Gasteiger partial charge in [-0.1, -0.05) is 31.5 Å². The predicted molar refractivity (Wildman–Crippen MR) is 197 cm³/mol. The molecular weight excluding hydrogens is 736 g/mol. The van der Waals surface area contributed by atoms with E-state index in [-0.39, 0.29) is 25.7 Å². The Hall–Kier alpha value is -4.36. The van der Waals surface area contributed by atoms with Crippen molar-refractivity contribution in [1.82, 2.24) is 41.0 Å². The van der Waals surface area contributed by atoms with Crippen LogP contribution in [0.25, 0.3) is 0 Å². The van der Waals surface area contributed by atoms with Gasteiger partial charge in [0.2, 0.25) is 17.7 Å². The van der Waals surface area contributed by atoms with Crippen LogP contribution in [0.15, 0.2) is 23.3 Å². The first kappa shape index (κ1) is 38.9. The maximum Gasteiger partial charge on any atom is 0.267 e. The van der Waals surface area contributed by atoms with Gasteiger partial charge in [-0.3, -0.25) is 38.8 Å². The van der Waals surface area contributed by atoms with Crippen LogP contribution in [0.5, 0.6) is 0 Å². The zero-order valence-corrected chi connectivity index (χ0v) is 32.3. The van der Waals surface area contributed by atoms with Crippen molar-refractivity contribution < 1.29 is 38.6 Å². The van der Waals surface area contributed by atoms with Gasteiger partial charge in [0.1, 0.15) is 48.0 Å². The van der Waals surface area contributed by atoms with Crippen LogP contribution in [0.4, 0.5) is 5.69 Å². The van der Waals surface area contributed by atoms with Gasteiger partial charge in [0.15, 0.2) is 0 Å². The average Bonchev–Trinajstić information content (AvgIpc) is 3.64. The van der Waals surface area contributed by atoms with Gasteiger partial charge < -0.3 is 30.3 Å². The average molecular weight is 785 g/mol. The summed E-state index contributed by atoms with van der Waals surface area (Å²) in [4.78, 5) is 89.7. The van der Waals surface area contributed by atoms with E-state index in [2.05, 4.69) is 26.6 Å². The second kappa shape index (κ2) is 14.9. The van der Waals surface area contributed by atoms with Crippen LogP contribution >= 0.6 is 11.6 Å². The molecule has 0 saturated carbocycles. The molecule has 4 fully saturated rings. The van der Waals surface area contributed by atoms with Gasteiger partial charge in [0.25, 0.3) is 17.7 Å². The summed E-state index contributed by atoms with van der Waals surface area (Å²) in [6, 6.07) is -2.08. The van der Waals surface area contributed by atoms with Crippen LogP contribution in [0.2, 0.25) is 5.02 Å². The fourth-order valence-electron chi connectivity index (χ4n) is 8.63. The SMILES string of the molecule is CO[C@@H]1C=NN2C(=O)[C@H]3CCCNN3C(=O)[C@@H](C(C)C)NC(=O)[C@@H]3C[C@@]4(O)c5ccc(Cl)cc5N[C@H]4N3C(=O)[C@H]3CCCNN3C(=O)[C@H](C)N(C)C(=O)[C@@H]2C1. The molecule has 55 heavy (non-hydrogen) atoms. The first-order chi connectivity index (χ1) is 26.2. The summed E-state index contributed by atoms with van der Waals surface area (Å²) in [7, 11) is 2.91. The topological polar surface area (TPSA) is 209 Å². The van der Waals surface area contributed by atoms with Crippen molar-refractivity contribution in [3.63, 3.8) is 0 Å². The number of ether oxygens (including phenoxy) is 1. The molecule has 6 aliphatic rings. The second-order valence-electron chi connectivity index (χ2n) is 15.5. The molecule has 0 aliphatic carbocycles. The number of aliphatic hydroxyl groups is 1. The molecule has 0 radical (unpaired) electrons. The molecule has 0 spiro atoms. The largest absolute Gasteiger partial charge is 0.381 e. The van der Waals surface area contributed by atoms with Crippen LogP contribution in [0.3, 0.4) is 0 Å². The Morgan fingerprint density at radius 2 is 1.55 bits per heavy atom. The number of amides is 6. The van der Waals surface area contributed by atoms with E-state index in [1.54, 1.807) is 32.0 Å². The lowest BCUT2D eigenvalue weighted by atomic mass is 9.91. The number of nitrogens with one attached hydrogen (secondary N) is 4. The fraction of sp³-hybridized carbons (Fsp3) is 0.639. The summed E-state index contributed by atoms with van der Waals surface area (Å²) in [5.74, 6) is -4.15. The van der Waals surface area contributed by atoms with E-state index < -0.39 is 95.5 Å². The predicted octanol–water partition coefficient (Wildman–Crippen LogP) is -0.526. The highest BCUT2D eigenvalue weighted by Crippen LogP contribution is 2.50. The van der Waals surface area contributed by atoms with Gasteiger partial charge >= 0.3 is 0 Å². The molecule has 1 aromatic rings. The Bertz CT molecular complexity index is 1800. The quantitative estimate of drug-likeness (QED) is 0.258. The molecule has 0 aromatic heterocycles. The Morgan fingerprint density at radius 1 is 0.891 bits per heavy atom. The Morgan fingerprint density at radius 3 is 2.20 bits per heavy atom. The monoisotopic (exact) mass is 784 g/mol. The van der Waals surface area contributed by atoms with Crippen molar-refractivity contribution in [3.8, 4) is 0 Å². The number of hydrazine groups is 2. The lowest BCUT2D eigenvalue weighted by molar-refractivity contribution is -0.163. The highest BCUT2D eigenvalue weighted by Gasteiger charge is 2.62. The molecule has 19 heteroatoms. The number of methoxy groups -OCH3 is 1. The van der Waals surface area contributed by atoms with Crippen LogP contribution in [-0.2, 0) is 39.1 Å². The summed E-state index contributed by atoms with van der Waals surface area (Å²) in [6.45, 7) is 5.76. The van der Waals surface area contributed by atoms with Crippen molar-refractivity contribution in [2.45, 2.75) is 113 Å². The van der Waals surface area contributed by atoms with Gasteiger partial charge in [-0.05, 0) is 50.7 Å². The van der Waals surface area contributed by atoms with Crippen LogP contribution in [0.1, 0.15) is 64.9 Å². The molecule has 298 valence electrons. The Balaban J connectivity index is 1.33. The minimum absolute atomic E-state index is 0.0406. The third-order valence-corrected chi connectivity index (χ3v) is 12.1. The molecule has 0 bridgehead atoms. The number of hydrazone groups is 1. The maximum atomic E-state index is 15.0. The van der Waals surface area contributed by atoms with E-state index in [1.165, 1.54) is 47.1 Å². The zero-order chi connectivity index (χ0) is 39.5. The highest BCUT2D eigenvalue weighted by molar-refractivity contribution is 6.31. The number of hydrogen-bond acceptors (Lipinski definition) is 12. The summed E-state index contributed by atoms with van der Waals surface area (Å²) < 4.78 is 5.49. The fourth-order valence-corrected chi connectivity index (χ4v) is 8.80. The number of benzene rings is 1. The Kier molecular flexibility index (Phi) is 10.6. The van der Waals surface area contributed by atoms with Gasteiger partial charge in [-0.2, -0.15) is 5.10 Å². The van der Waals surface area contributed by atoms with Crippen molar-refractivity contribution in [2.24, 2.45) is 11.0 Å². The number of rotatable bonds is 2. The molecule has 0 unspecified atom stereocenters. The van der Waals surface area contributed by atoms with Gasteiger partial charge in [-0.25, -0.2) is 15.9 Å². The molecule has 18 nitrogen and oxygen atoms in total. The summed E-state index contributed by atoms with van der Waals surface area (Å²) in [5.41, 5.74) is 5.29. The van der Waals surface area contributed by atoms with Crippen molar-refractivity contribution in [3.05, 3.63) is 28.8 Å². The number of anilines is 1. The third kappa shape index (κ3) is 6.60. The number of halogens is 1. The first-order valence-corrected chi connectivity index (χ1v) is 19.3. The number of fused-ring (bicyclic) bond motifs is 8. The summed E-state index contributed by atoms with van der Waals surface area (Å²) >= 11 is 6.30. The van der Waals surface area contributed by atoms with Crippen molar-refractivity contribution in [1.29, 1.82) is 0 Å². The van der Waals surface area contributed by atoms with E-state index >= 15 is 0 Å². The summed E-state index contributed by atoms with van der Waals surface area (Å²) in [5, 5.41) is 26.6. The molecular formula is C36H49ClN10O8. The number of carbonyl (C=O) groups is 6. The number of likely N-dealkylation sites (N-methyl/N-ethyl adjacent to an activating group) is 1. The normalized spacial score (nSPS) is 34.7. The molecule has 6 aliphatic heterocycles. The third-order valence-electron chi connectivity index (χ3n) is 11.8. The maximum absolute atomic E-state index is 15.0. The van der Waals surface area contributed by atoms with Crippen LogP contribution < -0.4 is 21.5 Å². The second-order valence-corrected chi connectivity index (χ2v) is 15.9. The van der Waals surface area contributed by atoms with E-state index in [9.17, 15) is 33.9 Å². The van der Waals surface area contributed by atoms with E-state index in [0.29, 0.717) is 42.2 Å². The van der Waals surface area contributed by atoms with Gasteiger partial charge in [0.05, 0.1) is 12.3 Å². The van der Waals surface area contributed by atoms with Crippen LogP contribution in [0, 0.1) is 5.92 Å². The van der Waals surface area contributed by atoms with Gasteiger partial charge in [-0.15, -0.1) is 0 Å². The number of hydrogen-bond donors (Lipinski definition) is 5. The van der Waals surface area contributed by atoms with E-state index in [0.717, 1.165) is 5.01 Å². The summed E-state index contributed by atoms with van der Waals surface area (Å²) in [6.07, 6.45) is 1.02. The molecule has 1 aromatic carbocycles. The lowest BCUT2D eigenvalue weighted by Gasteiger charge is -2.44. The van der Waals surface area contributed by atoms with Crippen LogP contribution in [-0.4, -0.2) is 147 Å². The molecule has 7 rings (SSSR count). The minimum atomic E-state index is -1.73. The molecule has 4 saturated heterocycles. The number of nitrogens with zero attached hydrogens (tertiary/aromatic N) is 6.